The molecule has 0 spiro atoms. The molecule has 0 aliphatic heterocycles. The van der Waals surface area contributed by atoms with Gasteiger partial charge in [-0.2, -0.15) is 0 Å². The highest BCUT2D eigenvalue weighted by Crippen LogP contribution is 2.31. The standard InChI is InChI=1S/C24H31NO3/c1-4-28-23(26)17-9-6-12-18-25(24(27)19(2)3)22-16-11-10-15-21(22)20-13-7-5-8-14-20/h5,7-8,10-11,13-16,19H,4,6,9,12,17-18H2,1-3H3. The first-order chi connectivity index (χ1) is 13.5. The van der Waals surface area contributed by atoms with Gasteiger partial charge in [-0.25, -0.2) is 0 Å². The third-order valence-electron chi connectivity index (χ3n) is 4.61. The molecule has 0 heterocycles. The lowest BCUT2D eigenvalue weighted by Crippen LogP contribution is -2.35. The van der Waals surface area contributed by atoms with Crippen molar-refractivity contribution in [1.29, 1.82) is 0 Å². The monoisotopic (exact) mass is 381 g/mol. The van der Waals surface area contributed by atoms with E-state index in [0.717, 1.165) is 36.1 Å². The Hall–Kier alpha value is -2.62. The minimum atomic E-state index is -0.146. The molecule has 0 aliphatic rings. The van der Waals surface area contributed by atoms with Crippen molar-refractivity contribution in [2.45, 2.75) is 46.5 Å². The fourth-order valence-electron chi connectivity index (χ4n) is 3.18. The van der Waals surface area contributed by atoms with E-state index in [4.69, 9.17) is 4.74 Å². The number of carbonyl (C=O) groups excluding carboxylic acids is 2. The quantitative estimate of drug-likeness (QED) is 0.405. The smallest absolute Gasteiger partial charge is 0.305 e. The molecule has 0 aliphatic carbocycles. The van der Waals surface area contributed by atoms with Crippen molar-refractivity contribution in [2.24, 2.45) is 5.92 Å². The van der Waals surface area contributed by atoms with E-state index in [1.807, 2.05) is 62.1 Å². The van der Waals surface area contributed by atoms with Crippen LogP contribution in [-0.2, 0) is 14.3 Å². The highest BCUT2D eigenvalue weighted by atomic mass is 16.5. The lowest BCUT2D eigenvalue weighted by atomic mass is 10.0. The van der Waals surface area contributed by atoms with Gasteiger partial charge in [0.1, 0.15) is 0 Å². The zero-order chi connectivity index (χ0) is 20.4. The Kier molecular flexibility index (Phi) is 8.73. The predicted molar refractivity (Wildman–Crippen MR) is 114 cm³/mol. The van der Waals surface area contributed by atoms with E-state index in [9.17, 15) is 9.59 Å². The van der Waals surface area contributed by atoms with Crippen LogP contribution in [-0.4, -0.2) is 25.0 Å². The Morgan fingerprint density at radius 2 is 1.61 bits per heavy atom. The van der Waals surface area contributed by atoms with E-state index in [-0.39, 0.29) is 17.8 Å². The van der Waals surface area contributed by atoms with Crippen LogP contribution in [0, 0.1) is 5.92 Å². The number of para-hydroxylation sites is 1. The van der Waals surface area contributed by atoms with E-state index in [2.05, 4.69) is 18.2 Å². The van der Waals surface area contributed by atoms with Crippen LogP contribution in [0.25, 0.3) is 11.1 Å². The van der Waals surface area contributed by atoms with Crippen LogP contribution < -0.4 is 4.90 Å². The van der Waals surface area contributed by atoms with Gasteiger partial charge in [-0.15, -0.1) is 0 Å². The van der Waals surface area contributed by atoms with E-state index in [0.29, 0.717) is 19.6 Å². The maximum atomic E-state index is 12.9. The van der Waals surface area contributed by atoms with Gasteiger partial charge in [-0.3, -0.25) is 9.59 Å². The van der Waals surface area contributed by atoms with Crippen molar-refractivity contribution in [3.63, 3.8) is 0 Å². The summed E-state index contributed by atoms with van der Waals surface area (Å²) in [5, 5.41) is 0. The molecule has 0 saturated heterocycles. The Balaban J connectivity index is 2.12. The van der Waals surface area contributed by atoms with Crippen molar-refractivity contribution in [2.75, 3.05) is 18.1 Å². The summed E-state index contributed by atoms with van der Waals surface area (Å²) in [7, 11) is 0. The molecular formula is C24H31NO3. The van der Waals surface area contributed by atoms with Gasteiger partial charge >= 0.3 is 5.97 Å². The number of rotatable bonds is 10. The van der Waals surface area contributed by atoms with Gasteiger partial charge in [0.05, 0.1) is 12.3 Å². The SMILES string of the molecule is CCOC(=O)CCCCCN(C(=O)C(C)C)c1ccccc1-c1ccccc1. The molecule has 0 aromatic heterocycles. The third kappa shape index (κ3) is 6.22. The highest BCUT2D eigenvalue weighted by molar-refractivity contribution is 5.98. The molecule has 28 heavy (non-hydrogen) atoms. The van der Waals surface area contributed by atoms with E-state index < -0.39 is 0 Å². The Morgan fingerprint density at radius 1 is 0.929 bits per heavy atom. The molecule has 0 N–H and O–H groups in total. The van der Waals surface area contributed by atoms with Crippen LogP contribution in [0.15, 0.2) is 54.6 Å². The second-order valence-corrected chi connectivity index (χ2v) is 7.14. The minimum absolute atomic E-state index is 0.0802. The normalized spacial score (nSPS) is 10.7. The molecule has 2 rings (SSSR count). The summed E-state index contributed by atoms with van der Waals surface area (Å²) < 4.78 is 4.97. The predicted octanol–water partition coefficient (Wildman–Crippen LogP) is 5.47. The molecule has 4 heteroatoms. The second kappa shape index (κ2) is 11.3. The molecule has 0 saturated carbocycles. The number of esters is 1. The molecule has 2 aromatic rings. The minimum Gasteiger partial charge on any atom is -0.466 e. The van der Waals surface area contributed by atoms with Crippen molar-refractivity contribution in [3.8, 4) is 11.1 Å². The summed E-state index contributed by atoms with van der Waals surface area (Å²) in [6, 6.07) is 18.2. The summed E-state index contributed by atoms with van der Waals surface area (Å²) in [4.78, 5) is 26.3. The Labute approximate surface area is 168 Å². The summed E-state index contributed by atoms with van der Waals surface area (Å²) in [5.74, 6) is -0.107. The fraction of sp³-hybridized carbons (Fsp3) is 0.417. The van der Waals surface area contributed by atoms with Gasteiger partial charge in [-0.1, -0.05) is 68.8 Å². The zero-order valence-electron chi connectivity index (χ0n) is 17.2. The lowest BCUT2D eigenvalue weighted by molar-refractivity contribution is -0.143. The number of nitrogens with zero attached hydrogens (tertiary/aromatic N) is 1. The highest BCUT2D eigenvalue weighted by Gasteiger charge is 2.21. The van der Waals surface area contributed by atoms with Gasteiger partial charge in [0.25, 0.3) is 0 Å². The lowest BCUT2D eigenvalue weighted by Gasteiger charge is -2.27. The number of anilines is 1. The fourth-order valence-corrected chi connectivity index (χ4v) is 3.18. The number of benzene rings is 2. The summed E-state index contributed by atoms with van der Waals surface area (Å²) >= 11 is 0. The average Bonchev–Trinajstić information content (AvgIpc) is 2.71. The molecule has 4 nitrogen and oxygen atoms in total. The largest absolute Gasteiger partial charge is 0.466 e. The van der Waals surface area contributed by atoms with Crippen molar-refractivity contribution < 1.29 is 14.3 Å². The van der Waals surface area contributed by atoms with Crippen LogP contribution in [0.4, 0.5) is 5.69 Å². The second-order valence-electron chi connectivity index (χ2n) is 7.14. The molecule has 150 valence electrons. The summed E-state index contributed by atoms with van der Waals surface area (Å²) in [6.07, 6.45) is 2.95. The van der Waals surface area contributed by atoms with Gasteiger partial charge in [0.2, 0.25) is 5.91 Å². The number of ether oxygens (including phenoxy) is 1. The number of amides is 1. The maximum Gasteiger partial charge on any atom is 0.305 e. The first-order valence-electron chi connectivity index (χ1n) is 10.2. The molecule has 0 fully saturated rings. The Bertz CT molecular complexity index is 755. The van der Waals surface area contributed by atoms with Gasteiger partial charge in [-0.05, 0) is 31.4 Å². The molecule has 0 radical (unpaired) electrons. The molecular weight excluding hydrogens is 350 g/mol. The van der Waals surface area contributed by atoms with Crippen LogP contribution in [0.2, 0.25) is 0 Å². The average molecular weight is 382 g/mol. The van der Waals surface area contributed by atoms with Crippen LogP contribution in [0.3, 0.4) is 0 Å². The zero-order valence-corrected chi connectivity index (χ0v) is 17.2. The van der Waals surface area contributed by atoms with Crippen LogP contribution in [0.5, 0.6) is 0 Å². The first kappa shape index (κ1) is 21.7. The number of hydrogen-bond donors (Lipinski definition) is 0. The molecule has 0 unspecified atom stereocenters. The van der Waals surface area contributed by atoms with Gasteiger partial charge in [0, 0.05) is 24.4 Å². The summed E-state index contributed by atoms with van der Waals surface area (Å²) in [6.45, 7) is 6.75. The van der Waals surface area contributed by atoms with Crippen molar-refractivity contribution in [1.82, 2.24) is 0 Å². The summed E-state index contributed by atoms with van der Waals surface area (Å²) in [5.41, 5.74) is 3.10. The van der Waals surface area contributed by atoms with E-state index >= 15 is 0 Å². The number of carbonyl (C=O) groups is 2. The van der Waals surface area contributed by atoms with Gasteiger partial charge < -0.3 is 9.64 Å². The molecule has 0 bridgehead atoms. The Morgan fingerprint density at radius 3 is 2.29 bits per heavy atom. The third-order valence-corrected chi connectivity index (χ3v) is 4.61. The van der Waals surface area contributed by atoms with E-state index in [1.165, 1.54) is 0 Å². The van der Waals surface area contributed by atoms with Crippen molar-refractivity contribution >= 4 is 17.6 Å². The molecule has 0 atom stereocenters. The molecule has 2 aromatic carbocycles. The van der Waals surface area contributed by atoms with Gasteiger partial charge in [0.15, 0.2) is 0 Å². The first-order valence-corrected chi connectivity index (χ1v) is 10.2. The van der Waals surface area contributed by atoms with E-state index in [1.54, 1.807) is 0 Å². The van der Waals surface area contributed by atoms with Crippen molar-refractivity contribution in [3.05, 3.63) is 54.6 Å². The van der Waals surface area contributed by atoms with Crippen LogP contribution >= 0.6 is 0 Å². The maximum absolute atomic E-state index is 12.9. The van der Waals surface area contributed by atoms with Crippen LogP contribution in [0.1, 0.15) is 46.5 Å². The number of unbranched alkanes of at least 4 members (excludes halogenated alkanes) is 2. The molecule has 1 amide bonds. The topological polar surface area (TPSA) is 46.6 Å². The number of hydrogen-bond acceptors (Lipinski definition) is 3.